The number of hydrogen-bond donors (Lipinski definition) is 1. The van der Waals surface area contributed by atoms with Crippen molar-refractivity contribution in [2.24, 2.45) is 5.10 Å². The molecule has 0 aliphatic carbocycles. The molecule has 0 radical (unpaired) electrons. The molecule has 0 aliphatic heterocycles. The minimum atomic E-state index is -0.456. The maximum absolute atomic E-state index is 13.5. The third kappa shape index (κ3) is 5.74. The van der Waals surface area contributed by atoms with Crippen molar-refractivity contribution in [3.8, 4) is 17.3 Å². The Morgan fingerprint density at radius 3 is 2.55 bits per heavy atom. The van der Waals surface area contributed by atoms with E-state index in [1.165, 1.54) is 29.1 Å². The number of para-hydroxylation sites is 2. The number of fused-ring (bicyclic) bond motifs is 2. The highest BCUT2D eigenvalue weighted by Crippen LogP contribution is 2.34. The van der Waals surface area contributed by atoms with Gasteiger partial charge in [-0.3, -0.25) is 9.59 Å². The minimum Gasteiger partial charge on any atom is -0.481 e. The Bertz CT molecular complexity index is 2020. The van der Waals surface area contributed by atoms with Gasteiger partial charge < -0.3 is 14.5 Å². The van der Waals surface area contributed by atoms with Crippen molar-refractivity contribution in [2.45, 2.75) is 0 Å². The molecule has 2 heterocycles. The van der Waals surface area contributed by atoms with E-state index in [2.05, 4.69) is 42.3 Å². The number of anilines is 1. The summed E-state index contributed by atoms with van der Waals surface area (Å²) < 4.78 is 27.4. The van der Waals surface area contributed by atoms with E-state index >= 15 is 0 Å². The molecule has 0 spiro atoms. The fourth-order valence-corrected chi connectivity index (χ4v) is 5.75. The molecule has 0 saturated carbocycles. The Kier molecular flexibility index (Phi) is 7.68. The molecule has 42 heavy (non-hydrogen) atoms. The summed E-state index contributed by atoms with van der Waals surface area (Å²) in [4.78, 5) is 30.5. The summed E-state index contributed by atoms with van der Waals surface area (Å²) in [6.45, 7) is -0.305. The number of nitrogens with one attached hydrogen (secondary N) is 1. The molecule has 1 N–H and O–H groups in total. The van der Waals surface area contributed by atoms with E-state index in [-0.39, 0.29) is 18.0 Å². The van der Waals surface area contributed by atoms with Gasteiger partial charge in [0.1, 0.15) is 17.1 Å². The number of nitrogens with zero attached hydrogens (tertiary/aromatic N) is 3. The molecule has 6 aromatic rings. The summed E-state index contributed by atoms with van der Waals surface area (Å²) >= 11 is 6.95. The van der Waals surface area contributed by atoms with Crippen LogP contribution >= 0.6 is 31.9 Å². The molecule has 0 atom stereocenters. The van der Waals surface area contributed by atoms with Gasteiger partial charge in [0.05, 0.1) is 26.1 Å². The van der Waals surface area contributed by atoms with Crippen molar-refractivity contribution >= 4 is 71.5 Å². The number of aromatic nitrogens is 2. The van der Waals surface area contributed by atoms with Gasteiger partial charge in [0.2, 0.25) is 5.82 Å². The second-order valence-electron chi connectivity index (χ2n) is 9.12. The van der Waals surface area contributed by atoms with Gasteiger partial charge in [-0.1, -0.05) is 36.4 Å². The lowest BCUT2D eigenvalue weighted by Crippen LogP contribution is -2.20. The molecule has 1 amide bonds. The SMILES string of the molecule is O=C(COc1c(Br)cc(C=Nn2c(-c3cc4ccccc4o3)nc3ccccc3c2=O)cc1Br)Nc1cccc(F)c1. The van der Waals surface area contributed by atoms with Crippen molar-refractivity contribution in [1.29, 1.82) is 0 Å². The van der Waals surface area contributed by atoms with Crippen LogP contribution in [0.3, 0.4) is 0 Å². The van der Waals surface area contributed by atoms with Crippen LogP contribution in [-0.2, 0) is 4.79 Å². The second-order valence-corrected chi connectivity index (χ2v) is 10.8. The first-order valence-corrected chi connectivity index (χ1v) is 14.2. The summed E-state index contributed by atoms with van der Waals surface area (Å²) in [6.07, 6.45) is 1.51. The highest BCUT2D eigenvalue weighted by molar-refractivity contribution is 9.11. The van der Waals surface area contributed by atoms with Gasteiger partial charge >= 0.3 is 0 Å². The average Bonchev–Trinajstić information content (AvgIpc) is 3.40. The number of hydrogen-bond acceptors (Lipinski definition) is 6. The Morgan fingerprint density at radius 1 is 1.00 bits per heavy atom. The van der Waals surface area contributed by atoms with Crippen molar-refractivity contribution in [3.05, 3.63) is 122 Å². The molecule has 0 saturated heterocycles. The van der Waals surface area contributed by atoms with Crippen LogP contribution in [0.2, 0.25) is 0 Å². The number of furan rings is 1. The van der Waals surface area contributed by atoms with Crippen LogP contribution < -0.4 is 15.6 Å². The predicted molar refractivity (Wildman–Crippen MR) is 167 cm³/mol. The van der Waals surface area contributed by atoms with E-state index in [0.29, 0.717) is 48.2 Å². The largest absolute Gasteiger partial charge is 0.481 e. The lowest BCUT2D eigenvalue weighted by molar-refractivity contribution is -0.118. The average molecular weight is 690 g/mol. The van der Waals surface area contributed by atoms with Crippen molar-refractivity contribution in [3.63, 3.8) is 0 Å². The summed E-state index contributed by atoms with van der Waals surface area (Å²) in [7, 11) is 0. The van der Waals surface area contributed by atoms with Gasteiger partial charge in [-0.25, -0.2) is 9.37 Å². The summed E-state index contributed by atoms with van der Waals surface area (Å²) in [6, 6.07) is 25.4. The fraction of sp³-hybridized carbons (Fsp3) is 0.0323. The third-order valence-corrected chi connectivity index (χ3v) is 7.38. The van der Waals surface area contributed by atoms with Gasteiger partial charge in [-0.15, -0.1) is 0 Å². The molecule has 11 heteroatoms. The van der Waals surface area contributed by atoms with Gasteiger partial charge in [-0.2, -0.15) is 9.78 Å². The van der Waals surface area contributed by atoms with E-state index in [0.717, 1.165) is 5.39 Å². The Balaban J connectivity index is 1.29. The molecular formula is C31H19Br2FN4O4. The molecule has 8 nitrogen and oxygen atoms in total. The van der Waals surface area contributed by atoms with Crippen LogP contribution in [0.4, 0.5) is 10.1 Å². The molecule has 4 aromatic carbocycles. The number of halogens is 3. The quantitative estimate of drug-likeness (QED) is 0.177. The first kappa shape index (κ1) is 27.6. The Labute approximate surface area is 254 Å². The molecular weight excluding hydrogens is 671 g/mol. The van der Waals surface area contributed by atoms with E-state index in [9.17, 15) is 14.0 Å². The summed E-state index contributed by atoms with van der Waals surface area (Å²) in [5.74, 6) is 0.135. The number of benzene rings is 4. The van der Waals surface area contributed by atoms with E-state index in [4.69, 9.17) is 14.1 Å². The molecule has 2 aromatic heterocycles. The van der Waals surface area contributed by atoms with Gasteiger partial charge in [0.25, 0.3) is 11.5 Å². The molecule has 0 bridgehead atoms. The van der Waals surface area contributed by atoms with E-state index in [1.807, 2.05) is 36.4 Å². The van der Waals surface area contributed by atoms with E-state index in [1.54, 1.807) is 36.4 Å². The zero-order valence-electron chi connectivity index (χ0n) is 21.6. The number of rotatable bonds is 7. The highest BCUT2D eigenvalue weighted by Gasteiger charge is 2.17. The second kappa shape index (κ2) is 11.7. The zero-order chi connectivity index (χ0) is 29.2. The fourth-order valence-electron chi connectivity index (χ4n) is 4.30. The Hall–Kier alpha value is -4.61. The molecule has 208 valence electrons. The molecule has 0 fully saturated rings. The minimum absolute atomic E-state index is 0.258. The smallest absolute Gasteiger partial charge is 0.282 e. The first-order chi connectivity index (χ1) is 20.4. The van der Waals surface area contributed by atoms with Crippen LogP contribution in [0.15, 0.2) is 114 Å². The van der Waals surface area contributed by atoms with Crippen LogP contribution in [-0.4, -0.2) is 28.4 Å². The molecule has 6 rings (SSSR count). The highest BCUT2D eigenvalue weighted by atomic mass is 79.9. The lowest BCUT2D eigenvalue weighted by Gasteiger charge is -2.12. The van der Waals surface area contributed by atoms with Gasteiger partial charge in [0, 0.05) is 11.1 Å². The lowest BCUT2D eigenvalue weighted by atomic mass is 10.2. The number of ether oxygens (including phenoxy) is 1. The van der Waals surface area contributed by atoms with Gasteiger partial charge in [0.15, 0.2) is 12.4 Å². The normalized spacial score (nSPS) is 11.4. The number of carbonyl (C=O) groups is 1. The third-order valence-electron chi connectivity index (χ3n) is 6.20. The number of amides is 1. The molecule has 0 unspecified atom stereocenters. The maximum atomic E-state index is 13.5. The standard InChI is InChI=1S/C31H19Br2FN4O4/c32-23-12-18(13-24(33)29(23)41-17-28(39)36-21-8-5-7-20(34)15-21)16-35-38-30(27-14-19-6-1-4-11-26(19)42-27)37-25-10-3-2-9-22(25)31(38)40/h1-16H,17H2,(H,36,39). The zero-order valence-corrected chi connectivity index (χ0v) is 24.7. The van der Waals surface area contributed by atoms with Crippen molar-refractivity contribution in [1.82, 2.24) is 9.66 Å². The van der Waals surface area contributed by atoms with E-state index < -0.39 is 11.7 Å². The van der Waals surface area contributed by atoms with Crippen molar-refractivity contribution in [2.75, 3.05) is 11.9 Å². The van der Waals surface area contributed by atoms with Crippen LogP contribution in [0.1, 0.15) is 5.56 Å². The summed E-state index contributed by atoms with van der Waals surface area (Å²) in [5, 5.41) is 8.36. The predicted octanol–water partition coefficient (Wildman–Crippen LogP) is 7.37. The van der Waals surface area contributed by atoms with Crippen LogP contribution in [0, 0.1) is 5.82 Å². The molecule has 0 aliphatic rings. The number of carbonyl (C=O) groups excluding carboxylic acids is 1. The van der Waals surface area contributed by atoms with Crippen LogP contribution in [0.25, 0.3) is 33.5 Å². The van der Waals surface area contributed by atoms with Crippen LogP contribution in [0.5, 0.6) is 5.75 Å². The summed E-state index contributed by atoms with van der Waals surface area (Å²) in [5.41, 5.74) is 1.79. The topological polar surface area (TPSA) is 98.7 Å². The maximum Gasteiger partial charge on any atom is 0.282 e. The Morgan fingerprint density at radius 2 is 1.76 bits per heavy atom. The monoisotopic (exact) mass is 688 g/mol. The van der Waals surface area contributed by atoms with Crippen molar-refractivity contribution < 1.29 is 18.3 Å². The van der Waals surface area contributed by atoms with Gasteiger partial charge in [-0.05, 0) is 92.0 Å². The first-order valence-electron chi connectivity index (χ1n) is 12.6.